The fourth-order valence-corrected chi connectivity index (χ4v) is 3.83. The Kier molecular flexibility index (Phi) is 4.37. The Bertz CT molecular complexity index is 946. The number of rotatable bonds is 4. The minimum absolute atomic E-state index is 0.0650. The molecule has 0 saturated carbocycles. The molecule has 0 N–H and O–H groups in total. The van der Waals surface area contributed by atoms with Crippen LogP contribution in [0.2, 0.25) is 0 Å². The van der Waals surface area contributed by atoms with E-state index in [1.54, 1.807) is 18.0 Å². The molecule has 4 rings (SSSR count). The van der Waals surface area contributed by atoms with E-state index in [-0.39, 0.29) is 5.56 Å². The van der Waals surface area contributed by atoms with E-state index in [1.807, 2.05) is 24.3 Å². The second-order valence-corrected chi connectivity index (χ2v) is 6.76. The van der Waals surface area contributed by atoms with Gasteiger partial charge in [0, 0.05) is 13.1 Å². The van der Waals surface area contributed by atoms with Gasteiger partial charge in [0.15, 0.2) is 10.8 Å². The van der Waals surface area contributed by atoms with Gasteiger partial charge in [0.05, 0.1) is 26.9 Å². The van der Waals surface area contributed by atoms with E-state index in [0.717, 1.165) is 29.5 Å². The molecule has 0 amide bonds. The largest absolute Gasteiger partial charge is 0.497 e. The van der Waals surface area contributed by atoms with Crippen molar-refractivity contribution in [2.75, 3.05) is 38.3 Å². The molecule has 130 valence electrons. The van der Waals surface area contributed by atoms with Crippen molar-refractivity contribution in [3.63, 3.8) is 0 Å². The fraction of sp³-hybridized carbons (Fsp3) is 0.353. The highest BCUT2D eigenvalue weighted by atomic mass is 32.1. The van der Waals surface area contributed by atoms with Crippen LogP contribution in [-0.4, -0.2) is 47.9 Å². The Morgan fingerprint density at radius 2 is 2.16 bits per heavy atom. The van der Waals surface area contributed by atoms with E-state index in [2.05, 4.69) is 14.9 Å². The summed E-state index contributed by atoms with van der Waals surface area (Å²) in [6.45, 7) is 3.40. The highest BCUT2D eigenvalue weighted by Gasteiger charge is 2.18. The maximum atomic E-state index is 12.8. The second kappa shape index (κ2) is 6.81. The number of hydrogen-bond donors (Lipinski definition) is 0. The van der Waals surface area contributed by atoms with Crippen LogP contribution in [0.3, 0.4) is 0 Å². The van der Waals surface area contributed by atoms with Gasteiger partial charge >= 0.3 is 0 Å². The number of ether oxygens (including phenoxy) is 2. The number of benzene rings is 1. The van der Waals surface area contributed by atoms with Crippen molar-refractivity contribution in [1.29, 1.82) is 0 Å². The van der Waals surface area contributed by atoms with Gasteiger partial charge in [-0.3, -0.25) is 9.36 Å². The van der Waals surface area contributed by atoms with Gasteiger partial charge in [0.1, 0.15) is 16.8 Å². The molecule has 0 bridgehead atoms. The minimum atomic E-state index is -0.0650. The van der Waals surface area contributed by atoms with Crippen LogP contribution in [0.5, 0.6) is 5.75 Å². The fourth-order valence-electron chi connectivity index (χ4n) is 2.81. The predicted molar refractivity (Wildman–Crippen MR) is 96.8 cm³/mol. The molecule has 0 unspecified atom stereocenters. The van der Waals surface area contributed by atoms with Crippen LogP contribution in [-0.2, 0) is 11.3 Å². The Morgan fingerprint density at radius 3 is 2.96 bits per heavy atom. The standard InChI is InChI=1S/C17H18N4O3S/c1-23-13-4-2-3-12(9-13)10-21-11-18-15-14(16(21)22)25-17(19-15)20-5-7-24-8-6-20/h2-4,9,11H,5-8,10H2,1H3. The number of fused-ring (bicyclic) bond motifs is 1. The molecule has 1 aliphatic rings. The van der Waals surface area contributed by atoms with Crippen molar-refractivity contribution in [2.45, 2.75) is 6.54 Å². The highest BCUT2D eigenvalue weighted by Crippen LogP contribution is 2.26. The summed E-state index contributed by atoms with van der Waals surface area (Å²) in [6, 6.07) is 7.67. The van der Waals surface area contributed by atoms with Crippen LogP contribution >= 0.6 is 11.3 Å². The third-order valence-electron chi connectivity index (χ3n) is 4.14. The van der Waals surface area contributed by atoms with Crippen molar-refractivity contribution in [2.24, 2.45) is 0 Å². The van der Waals surface area contributed by atoms with Crippen LogP contribution in [0, 0.1) is 0 Å². The number of methoxy groups -OCH3 is 1. The molecule has 1 aromatic carbocycles. The zero-order valence-corrected chi connectivity index (χ0v) is 14.7. The van der Waals surface area contributed by atoms with Gasteiger partial charge in [-0.2, -0.15) is 4.98 Å². The van der Waals surface area contributed by atoms with Crippen molar-refractivity contribution in [3.05, 3.63) is 46.5 Å². The van der Waals surface area contributed by atoms with E-state index >= 15 is 0 Å². The van der Waals surface area contributed by atoms with Gasteiger partial charge in [-0.05, 0) is 17.7 Å². The normalized spacial score (nSPS) is 14.8. The number of morpholine rings is 1. The first-order chi connectivity index (χ1) is 12.2. The lowest BCUT2D eigenvalue weighted by Crippen LogP contribution is -2.36. The average Bonchev–Trinajstić information content (AvgIpc) is 3.10. The van der Waals surface area contributed by atoms with E-state index in [1.165, 1.54) is 11.3 Å². The summed E-state index contributed by atoms with van der Waals surface area (Å²) < 4.78 is 12.8. The van der Waals surface area contributed by atoms with Crippen LogP contribution in [0.25, 0.3) is 10.3 Å². The molecule has 8 heteroatoms. The van der Waals surface area contributed by atoms with Crippen LogP contribution in [0.4, 0.5) is 5.13 Å². The first-order valence-corrected chi connectivity index (χ1v) is 8.88. The Labute approximate surface area is 148 Å². The van der Waals surface area contributed by atoms with E-state index in [9.17, 15) is 4.79 Å². The molecule has 2 aromatic heterocycles. The lowest BCUT2D eigenvalue weighted by Gasteiger charge is -2.25. The molecule has 0 aliphatic carbocycles. The molecule has 0 radical (unpaired) electrons. The molecular formula is C17H18N4O3S. The monoisotopic (exact) mass is 358 g/mol. The van der Waals surface area contributed by atoms with Crippen LogP contribution < -0.4 is 15.2 Å². The molecule has 25 heavy (non-hydrogen) atoms. The Hall–Kier alpha value is -2.45. The summed E-state index contributed by atoms with van der Waals surface area (Å²) >= 11 is 1.40. The van der Waals surface area contributed by atoms with Crippen LogP contribution in [0.1, 0.15) is 5.56 Å². The van der Waals surface area contributed by atoms with Crippen LogP contribution in [0.15, 0.2) is 35.4 Å². The number of aromatic nitrogens is 3. The molecule has 0 atom stereocenters. The maximum Gasteiger partial charge on any atom is 0.273 e. The van der Waals surface area contributed by atoms with Gasteiger partial charge in [-0.1, -0.05) is 23.5 Å². The predicted octanol–water partition coefficient (Wildman–Crippen LogP) is 1.75. The van der Waals surface area contributed by atoms with Crippen molar-refractivity contribution < 1.29 is 9.47 Å². The number of anilines is 1. The maximum absolute atomic E-state index is 12.8. The lowest BCUT2D eigenvalue weighted by molar-refractivity contribution is 0.122. The molecule has 3 heterocycles. The average molecular weight is 358 g/mol. The summed E-state index contributed by atoms with van der Waals surface area (Å²) in [5, 5.41) is 0.835. The molecule has 1 saturated heterocycles. The molecule has 3 aromatic rings. The zero-order chi connectivity index (χ0) is 17.2. The first-order valence-electron chi connectivity index (χ1n) is 8.06. The molecular weight excluding hydrogens is 340 g/mol. The van der Waals surface area contributed by atoms with E-state index < -0.39 is 0 Å². The number of nitrogens with zero attached hydrogens (tertiary/aromatic N) is 4. The Morgan fingerprint density at radius 1 is 1.32 bits per heavy atom. The summed E-state index contributed by atoms with van der Waals surface area (Å²) in [7, 11) is 1.63. The quantitative estimate of drug-likeness (QED) is 0.708. The Balaban J connectivity index is 1.66. The highest BCUT2D eigenvalue weighted by molar-refractivity contribution is 7.22. The third kappa shape index (κ3) is 3.22. The van der Waals surface area contributed by atoms with Gasteiger partial charge in [-0.15, -0.1) is 0 Å². The van der Waals surface area contributed by atoms with Gasteiger partial charge in [0.2, 0.25) is 0 Å². The number of thiazole rings is 1. The van der Waals surface area contributed by atoms with Crippen molar-refractivity contribution in [3.8, 4) is 5.75 Å². The number of hydrogen-bond acceptors (Lipinski definition) is 7. The van der Waals surface area contributed by atoms with Gasteiger partial charge < -0.3 is 14.4 Å². The van der Waals surface area contributed by atoms with Gasteiger partial charge in [0.25, 0.3) is 5.56 Å². The summed E-state index contributed by atoms with van der Waals surface area (Å²) in [5.41, 5.74) is 1.43. The summed E-state index contributed by atoms with van der Waals surface area (Å²) in [5.74, 6) is 0.770. The van der Waals surface area contributed by atoms with Gasteiger partial charge in [-0.25, -0.2) is 4.98 Å². The molecule has 1 fully saturated rings. The second-order valence-electron chi connectivity index (χ2n) is 5.78. The third-order valence-corrected chi connectivity index (χ3v) is 5.23. The zero-order valence-electron chi connectivity index (χ0n) is 13.8. The smallest absolute Gasteiger partial charge is 0.273 e. The molecule has 1 aliphatic heterocycles. The molecule has 7 nitrogen and oxygen atoms in total. The lowest BCUT2D eigenvalue weighted by atomic mass is 10.2. The van der Waals surface area contributed by atoms with Crippen molar-refractivity contribution in [1.82, 2.24) is 14.5 Å². The van der Waals surface area contributed by atoms with E-state index in [0.29, 0.717) is 30.1 Å². The minimum Gasteiger partial charge on any atom is -0.497 e. The first kappa shape index (κ1) is 16.0. The summed E-state index contributed by atoms with van der Waals surface area (Å²) in [4.78, 5) is 23.8. The SMILES string of the molecule is COc1cccc(Cn2cnc3nc(N4CCOCC4)sc3c2=O)c1. The van der Waals surface area contributed by atoms with E-state index in [4.69, 9.17) is 9.47 Å². The summed E-state index contributed by atoms with van der Waals surface area (Å²) in [6.07, 6.45) is 1.56. The van der Waals surface area contributed by atoms with Crippen molar-refractivity contribution >= 4 is 26.8 Å². The molecule has 0 spiro atoms. The topological polar surface area (TPSA) is 69.5 Å².